The van der Waals surface area contributed by atoms with Crippen LogP contribution in [-0.4, -0.2) is 39.4 Å². The van der Waals surface area contributed by atoms with E-state index in [1.807, 2.05) is 13.0 Å². The number of nitrogens with one attached hydrogen (secondary N) is 1. The summed E-state index contributed by atoms with van der Waals surface area (Å²) < 4.78 is 0. The van der Waals surface area contributed by atoms with E-state index in [1.165, 1.54) is 4.90 Å². The van der Waals surface area contributed by atoms with Crippen LogP contribution in [0.25, 0.3) is 0 Å². The van der Waals surface area contributed by atoms with Gasteiger partial charge in [-0.1, -0.05) is 0 Å². The van der Waals surface area contributed by atoms with Crippen molar-refractivity contribution in [3.8, 4) is 0 Å². The van der Waals surface area contributed by atoms with Crippen LogP contribution in [0.5, 0.6) is 0 Å². The summed E-state index contributed by atoms with van der Waals surface area (Å²) in [4.78, 5) is 12.1. The average Bonchev–Trinajstić information content (AvgIpc) is 2.70. The molecule has 1 fully saturated rings. The largest absolute Gasteiger partial charge is 0.465 e. The fraction of sp³-hybridized carbons (Fsp3) is 0.556. The van der Waals surface area contributed by atoms with Crippen molar-refractivity contribution in [1.82, 2.24) is 15.1 Å². The summed E-state index contributed by atoms with van der Waals surface area (Å²) in [5.41, 5.74) is 2.00. The van der Waals surface area contributed by atoms with Crippen molar-refractivity contribution >= 4 is 6.09 Å². The molecule has 5 nitrogen and oxygen atoms in total. The summed E-state index contributed by atoms with van der Waals surface area (Å²) in [6.07, 6.45) is 0.0381. The number of rotatable bonds is 1. The van der Waals surface area contributed by atoms with Crippen LogP contribution in [0.2, 0.25) is 0 Å². The van der Waals surface area contributed by atoms with Gasteiger partial charge in [0, 0.05) is 24.7 Å². The Kier molecular flexibility index (Phi) is 2.15. The van der Waals surface area contributed by atoms with Gasteiger partial charge in [-0.15, -0.1) is 0 Å². The third-order valence-corrected chi connectivity index (χ3v) is 2.60. The highest BCUT2D eigenvalue weighted by molar-refractivity contribution is 5.65. The Bertz CT molecular complexity index is 348. The molecule has 1 amide bonds. The maximum Gasteiger partial charge on any atom is 0.407 e. The molecular weight excluding hydrogens is 182 g/mol. The quantitative estimate of drug-likeness (QED) is 0.707. The van der Waals surface area contributed by atoms with Crippen molar-refractivity contribution in [2.24, 2.45) is 0 Å². The van der Waals surface area contributed by atoms with Gasteiger partial charge in [-0.05, 0) is 19.4 Å². The summed E-state index contributed by atoms with van der Waals surface area (Å²) in [6.45, 7) is 3.13. The molecule has 1 saturated heterocycles. The van der Waals surface area contributed by atoms with Crippen molar-refractivity contribution < 1.29 is 9.90 Å². The average molecular weight is 195 g/mol. The molecule has 14 heavy (non-hydrogen) atoms. The molecule has 1 aromatic heterocycles. The third-order valence-electron chi connectivity index (χ3n) is 2.60. The topological polar surface area (TPSA) is 69.2 Å². The van der Waals surface area contributed by atoms with Crippen LogP contribution in [0.15, 0.2) is 6.07 Å². The van der Waals surface area contributed by atoms with Crippen LogP contribution in [0, 0.1) is 6.92 Å². The number of hydrogen-bond acceptors (Lipinski definition) is 2. The second kappa shape index (κ2) is 3.32. The molecule has 2 rings (SSSR count). The van der Waals surface area contributed by atoms with Gasteiger partial charge in [0.25, 0.3) is 0 Å². The molecule has 0 radical (unpaired) electrons. The summed E-state index contributed by atoms with van der Waals surface area (Å²) in [6, 6.07) is 1.98. The summed E-state index contributed by atoms with van der Waals surface area (Å²) >= 11 is 0. The first kappa shape index (κ1) is 9.05. The summed E-state index contributed by atoms with van der Waals surface area (Å²) in [7, 11) is 0. The molecule has 0 bridgehead atoms. The molecule has 76 valence electrons. The Balaban J connectivity index is 2.05. The standard InChI is InChI=1S/C9H13N3O2/c1-6-4-8(11-10-6)7-2-3-12(5-7)9(13)14/h4,7H,2-3,5H2,1H3,(H,10,11)(H,13,14). The van der Waals surface area contributed by atoms with Gasteiger partial charge in [0.2, 0.25) is 0 Å². The number of hydrogen-bond donors (Lipinski definition) is 2. The normalized spacial score (nSPS) is 21.5. The van der Waals surface area contributed by atoms with E-state index in [0.717, 1.165) is 17.8 Å². The van der Waals surface area contributed by atoms with Gasteiger partial charge in [0.05, 0.1) is 5.69 Å². The smallest absolute Gasteiger partial charge is 0.407 e. The Labute approximate surface area is 81.7 Å². The van der Waals surface area contributed by atoms with Crippen molar-refractivity contribution in [1.29, 1.82) is 0 Å². The Hall–Kier alpha value is -1.52. The van der Waals surface area contributed by atoms with Crippen LogP contribution in [0.1, 0.15) is 23.7 Å². The van der Waals surface area contributed by atoms with Crippen LogP contribution < -0.4 is 0 Å². The SMILES string of the molecule is Cc1cc(C2CCN(C(=O)O)C2)n[nH]1. The first-order valence-corrected chi connectivity index (χ1v) is 4.66. The number of aromatic amines is 1. The van der Waals surface area contributed by atoms with Gasteiger partial charge in [-0.2, -0.15) is 5.10 Å². The number of aromatic nitrogens is 2. The van der Waals surface area contributed by atoms with Gasteiger partial charge >= 0.3 is 6.09 Å². The van der Waals surface area contributed by atoms with Crippen LogP contribution >= 0.6 is 0 Å². The minimum Gasteiger partial charge on any atom is -0.465 e. The van der Waals surface area contributed by atoms with Gasteiger partial charge in [-0.25, -0.2) is 4.79 Å². The molecule has 0 spiro atoms. The zero-order valence-electron chi connectivity index (χ0n) is 8.03. The minimum absolute atomic E-state index is 0.260. The minimum atomic E-state index is -0.834. The van der Waals surface area contributed by atoms with Crippen LogP contribution in [-0.2, 0) is 0 Å². The number of carboxylic acid groups (broad SMARTS) is 1. The molecule has 1 aromatic rings. The van der Waals surface area contributed by atoms with E-state index in [1.54, 1.807) is 0 Å². The van der Waals surface area contributed by atoms with E-state index in [0.29, 0.717) is 13.1 Å². The van der Waals surface area contributed by atoms with Gasteiger partial charge in [0.1, 0.15) is 0 Å². The molecule has 1 aliphatic heterocycles. The van der Waals surface area contributed by atoms with Gasteiger partial charge < -0.3 is 10.0 Å². The molecule has 0 saturated carbocycles. The molecule has 5 heteroatoms. The lowest BCUT2D eigenvalue weighted by Gasteiger charge is -2.10. The van der Waals surface area contributed by atoms with Crippen molar-refractivity contribution in [2.75, 3.05) is 13.1 Å². The molecule has 1 unspecified atom stereocenters. The van der Waals surface area contributed by atoms with Gasteiger partial charge in [0.15, 0.2) is 0 Å². The van der Waals surface area contributed by atoms with E-state index in [4.69, 9.17) is 5.11 Å². The Morgan fingerprint density at radius 3 is 3.07 bits per heavy atom. The predicted molar refractivity (Wildman–Crippen MR) is 50.3 cm³/mol. The van der Waals surface area contributed by atoms with Crippen molar-refractivity contribution in [3.63, 3.8) is 0 Å². The first-order valence-electron chi connectivity index (χ1n) is 4.66. The molecule has 1 aliphatic rings. The summed E-state index contributed by atoms with van der Waals surface area (Å²) in [5.74, 6) is 0.260. The first-order chi connectivity index (χ1) is 6.66. The third kappa shape index (κ3) is 1.57. The highest BCUT2D eigenvalue weighted by Gasteiger charge is 2.28. The van der Waals surface area contributed by atoms with Crippen LogP contribution in [0.4, 0.5) is 4.79 Å². The fourth-order valence-corrected chi connectivity index (χ4v) is 1.82. The lowest BCUT2D eigenvalue weighted by molar-refractivity contribution is 0.155. The maximum absolute atomic E-state index is 10.7. The van der Waals surface area contributed by atoms with Crippen LogP contribution in [0.3, 0.4) is 0 Å². The molecule has 2 heterocycles. The fourth-order valence-electron chi connectivity index (χ4n) is 1.82. The molecule has 0 aromatic carbocycles. The lowest BCUT2D eigenvalue weighted by Crippen LogP contribution is -2.26. The summed E-state index contributed by atoms with van der Waals surface area (Å²) in [5, 5.41) is 15.8. The maximum atomic E-state index is 10.7. The zero-order chi connectivity index (χ0) is 10.1. The number of likely N-dealkylation sites (tertiary alicyclic amines) is 1. The Morgan fingerprint density at radius 1 is 1.79 bits per heavy atom. The monoisotopic (exact) mass is 195 g/mol. The number of nitrogens with zero attached hydrogens (tertiary/aromatic N) is 2. The number of aryl methyl sites for hydroxylation is 1. The molecule has 0 aliphatic carbocycles. The molecule has 1 atom stereocenters. The number of amides is 1. The molecule has 2 N–H and O–H groups in total. The van der Waals surface area contributed by atoms with Crippen molar-refractivity contribution in [3.05, 3.63) is 17.5 Å². The van der Waals surface area contributed by atoms with Crippen molar-refractivity contribution in [2.45, 2.75) is 19.3 Å². The lowest BCUT2D eigenvalue weighted by atomic mass is 10.1. The Morgan fingerprint density at radius 2 is 2.57 bits per heavy atom. The van der Waals surface area contributed by atoms with E-state index < -0.39 is 6.09 Å². The van der Waals surface area contributed by atoms with Gasteiger partial charge in [-0.3, -0.25) is 5.10 Å². The second-order valence-corrected chi connectivity index (χ2v) is 3.69. The van der Waals surface area contributed by atoms with E-state index in [2.05, 4.69) is 10.2 Å². The van der Waals surface area contributed by atoms with E-state index in [-0.39, 0.29) is 5.92 Å². The zero-order valence-corrected chi connectivity index (χ0v) is 8.03. The molecular formula is C9H13N3O2. The highest BCUT2D eigenvalue weighted by Crippen LogP contribution is 2.25. The van der Waals surface area contributed by atoms with E-state index in [9.17, 15) is 4.79 Å². The number of H-pyrrole nitrogens is 1. The predicted octanol–water partition coefficient (Wildman–Crippen LogP) is 1.19. The highest BCUT2D eigenvalue weighted by atomic mass is 16.4. The van der Waals surface area contributed by atoms with E-state index >= 15 is 0 Å². The second-order valence-electron chi connectivity index (χ2n) is 3.69. The number of carbonyl (C=O) groups is 1.